The van der Waals surface area contributed by atoms with E-state index in [4.69, 9.17) is 11.5 Å². The molecule has 0 saturated heterocycles. The summed E-state index contributed by atoms with van der Waals surface area (Å²) in [6.07, 6.45) is 0. The van der Waals surface area contributed by atoms with Crippen LogP contribution in [0.15, 0.2) is 24.3 Å². The van der Waals surface area contributed by atoms with E-state index in [1.54, 1.807) is 12.1 Å². The molecule has 5 nitrogen and oxygen atoms in total. The molecule has 0 aliphatic heterocycles. The van der Waals surface area contributed by atoms with Gasteiger partial charge in [0, 0.05) is 6.07 Å². The lowest BCUT2D eigenvalue weighted by atomic mass is 10.2. The van der Waals surface area contributed by atoms with Gasteiger partial charge in [0.05, 0.1) is 5.69 Å². The van der Waals surface area contributed by atoms with Crippen LogP contribution >= 0.6 is 0 Å². The summed E-state index contributed by atoms with van der Waals surface area (Å²) in [7, 11) is 0. The minimum Gasteiger partial charge on any atom is -0.383 e. The Kier molecular flexibility index (Phi) is 2.78. The van der Waals surface area contributed by atoms with Crippen molar-refractivity contribution in [2.45, 2.75) is 6.92 Å². The number of rotatable bonds is 2. The van der Waals surface area contributed by atoms with E-state index in [0.717, 1.165) is 5.56 Å². The average Bonchev–Trinajstić information content (AvgIpc) is 2.21. The average molecular weight is 233 g/mol. The highest BCUT2D eigenvalue weighted by Gasteiger charge is 2.05. The van der Waals surface area contributed by atoms with Crippen LogP contribution in [0.5, 0.6) is 0 Å². The van der Waals surface area contributed by atoms with E-state index in [1.807, 2.05) is 6.92 Å². The highest BCUT2D eigenvalue weighted by atomic mass is 19.1. The second kappa shape index (κ2) is 4.25. The number of halogens is 1. The largest absolute Gasteiger partial charge is 0.383 e. The van der Waals surface area contributed by atoms with Crippen LogP contribution in [0.4, 0.5) is 27.7 Å². The Morgan fingerprint density at radius 3 is 2.59 bits per heavy atom. The molecule has 88 valence electrons. The van der Waals surface area contributed by atoms with Crippen molar-refractivity contribution in [2.75, 3.05) is 16.8 Å². The van der Waals surface area contributed by atoms with Crippen molar-refractivity contribution in [1.82, 2.24) is 9.97 Å². The van der Waals surface area contributed by atoms with E-state index in [-0.39, 0.29) is 17.6 Å². The molecule has 2 rings (SSSR count). The van der Waals surface area contributed by atoms with Gasteiger partial charge in [-0.2, -0.15) is 9.97 Å². The van der Waals surface area contributed by atoms with Crippen LogP contribution in [-0.2, 0) is 0 Å². The molecule has 0 aliphatic carbocycles. The molecule has 1 aromatic heterocycles. The molecule has 1 heterocycles. The van der Waals surface area contributed by atoms with E-state index < -0.39 is 0 Å². The summed E-state index contributed by atoms with van der Waals surface area (Å²) >= 11 is 0. The fourth-order valence-corrected chi connectivity index (χ4v) is 1.41. The van der Waals surface area contributed by atoms with Gasteiger partial charge in [-0.25, -0.2) is 4.39 Å². The first-order chi connectivity index (χ1) is 8.04. The van der Waals surface area contributed by atoms with Crippen LogP contribution in [0, 0.1) is 12.7 Å². The van der Waals surface area contributed by atoms with Crippen LogP contribution in [0.25, 0.3) is 0 Å². The van der Waals surface area contributed by atoms with Gasteiger partial charge >= 0.3 is 0 Å². The lowest BCUT2D eigenvalue weighted by molar-refractivity contribution is 0.630. The lowest BCUT2D eigenvalue weighted by Crippen LogP contribution is -2.03. The van der Waals surface area contributed by atoms with Gasteiger partial charge in [-0.3, -0.25) is 0 Å². The predicted octanol–water partition coefficient (Wildman–Crippen LogP) is 1.83. The second-order valence-corrected chi connectivity index (χ2v) is 3.64. The number of benzene rings is 1. The predicted molar refractivity (Wildman–Crippen MR) is 65.3 cm³/mol. The van der Waals surface area contributed by atoms with Gasteiger partial charge in [0.15, 0.2) is 0 Å². The third-order valence-electron chi connectivity index (χ3n) is 2.15. The summed E-state index contributed by atoms with van der Waals surface area (Å²) in [5, 5.41) is 2.79. The van der Waals surface area contributed by atoms with Crippen molar-refractivity contribution >= 4 is 23.3 Å². The second-order valence-electron chi connectivity index (χ2n) is 3.64. The Bertz CT molecular complexity index is 535. The fraction of sp³-hybridized carbons (Fsp3) is 0.0909. The van der Waals surface area contributed by atoms with Gasteiger partial charge in [0.2, 0.25) is 5.95 Å². The summed E-state index contributed by atoms with van der Waals surface area (Å²) in [5.74, 6) is 0.269. The Labute approximate surface area is 97.7 Å². The molecule has 17 heavy (non-hydrogen) atoms. The summed E-state index contributed by atoms with van der Waals surface area (Å²) < 4.78 is 13.6. The van der Waals surface area contributed by atoms with Gasteiger partial charge in [-0.05, 0) is 24.6 Å². The minimum atomic E-state index is -0.360. The quantitative estimate of drug-likeness (QED) is 0.736. The molecule has 0 atom stereocenters. The molecule has 1 aromatic carbocycles. The smallest absolute Gasteiger partial charge is 0.223 e. The molecule has 2 aromatic rings. The Morgan fingerprint density at radius 2 is 1.94 bits per heavy atom. The van der Waals surface area contributed by atoms with Gasteiger partial charge in [0.25, 0.3) is 0 Å². The molecule has 0 bridgehead atoms. The molecule has 5 N–H and O–H groups in total. The summed E-state index contributed by atoms with van der Waals surface area (Å²) in [6.45, 7) is 1.81. The van der Waals surface area contributed by atoms with Crippen LogP contribution < -0.4 is 16.8 Å². The number of aryl methyl sites for hydroxylation is 1. The molecule has 0 unspecified atom stereocenters. The Hall–Kier alpha value is -2.37. The summed E-state index contributed by atoms with van der Waals surface area (Å²) in [4.78, 5) is 7.62. The summed E-state index contributed by atoms with van der Waals surface area (Å²) in [6, 6.07) is 6.32. The van der Waals surface area contributed by atoms with Crippen molar-refractivity contribution in [2.24, 2.45) is 0 Å². The SMILES string of the molecule is Cc1ccc(Nc2cc(N)nc(N)n2)c(F)c1. The number of hydrogen-bond acceptors (Lipinski definition) is 5. The van der Waals surface area contributed by atoms with Crippen LogP contribution in [-0.4, -0.2) is 9.97 Å². The maximum atomic E-state index is 13.6. The Morgan fingerprint density at radius 1 is 1.18 bits per heavy atom. The zero-order valence-corrected chi connectivity index (χ0v) is 9.24. The van der Waals surface area contributed by atoms with E-state index in [0.29, 0.717) is 11.5 Å². The van der Waals surface area contributed by atoms with E-state index >= 15 is 0 Å². The van der Waals surface area contributed by atoms with Crippen LogP contribution in [0.3, 0.4) is 0 Å². The molecule has 0 spiro atoms. The molecule has 0 aliphatic rings. The fourth-order valence-electron chi connectivity index (χ4n) is 1.41. The number of hydrogen-bond donors (Lipinski definition) is 3. The van der Waals surface area contributed by atoms with E-state index in [9.17, 15) is 4.39 Å². The number of aromatic nitrogens is 2. The normalized spacial score (nSPS) is 10.2. The third kappa shape index (κ3) is 2.60. The minimum absolute atomic E-state index is 0.0417. The molecule has 0 radical (unpaired) electrons. The number of anilines is 4. The standard InChI is InChI=1S/C11H12FN5/c1-6-2-3-8(7(12)4-6)15-10-5-9(13)16-11(14)17-10/h2-5H,1H3,(H5,13,14,15,16,17). The molecule has 0 amide bonds. The van der Waals surface area contributed by atoms with E-state index in [1.165, 1.54) is 12.1 Å². The van der Waals surface area contributed by atoms with Gasteiger partial charge in [0.1, 0.15) is 17.5 Å². The first-order valence-electron chi connectivity index (χ1n) is 4.98. The monoisotopic (exact) mass is 233 g/mol. The third-order valence-corrected chi connectivity index (χ3v) is 2.15. The van der Waals surface area contributed by atoms with E-state index in [2.05, 4.69) is 15.3 Å². The molecule has 6 heteroatoms. The number of nitrogens with one attached hydrogen (secondary N) is 1. The number of nitrogens with zero attached hydrogens (tertiary/aromatic N) is 2. The lowest BCUT2D eigenvalue weighted by Gasteiger charge is -2.08. The van der Waals surface area contributed by atoms with Crippen molar-refractivity contribution in [3.8, 4) is 0 Å². The van der Waals surface area contributed by atoms with Crippen LogP contribution in [0.2, 0.25) is 0 Å². The van der Waals surface area contributed by atoms with Gasteiger partial charge in [-0.1, -0.05) is 6.07 Å². The molecule has 0 saturated carbocycles. The van der Waals surface area contributed by atoms with Gasteiger partial charge in [-0.15, -0.1) is 0 Å². The molecular formula is C11H12FN5. The maximum absolute atomic E-state index is 13.6. The van der Waals surface area contributed by atoms with Crippen molar-refractivity contribution < 1.29 is 4.39 Å². The Balaban J connectivity index is 2.31. The summed E-state index contributed by atoms with van der Waals surface area (Å²) in [5.41, 5.74) is 12.1. The van der Waals surface area contributed by atoms with Crippen molar-refractivity contribution in [3.63, 3.8) is 0 Å². The van der Waals surface area contributed by atoms with Gasteiger partial charge < -0.3 is 16.8 Å². The zero-order valence-electron chi connectivity index (χ0n) is 9.24. The first kappa shape index (κ1) is 11.1. The van der Waals surface area contributed by atoms with Crippen LogP contribution in [0.1, 0.15) is 5.56 Å². The highest BCUT2D eigenvalue weighted by molar-refractivity contribution is 5.60. The molecule has 0 fully saturated rings. The first-order valence-corrected chi connectivity index (χ1v) is 4.98. The number of nitrogens with two attached hydrogens (primary N) is 2. The zero-order chi connectivity index (χ0) is 12.4. The molecular weight excluding hydrogens is 221 g/mol. The maximum Gasteiger partial charge on any atom is 0.223 e. The van der Waals surface area contributed by atoms with Crippen molar-refractivity contribution in [3.05, 3.63) is 35.6 Å². The number of nitrogen functional groups attached to an aromatic ring is 2. The van der Waals surface area contributed by atoms with Crippen molar-refractivity contribution in [1.29, 1.82) is 0 Å². The highest BCUT2D eigenvalue weighted by Crippen LogP contribution is 2.20. The topological polar surface area (TPSA) is 89.8 Å².